The van der Waals surface area contributed by atoms with E-state index >= 15 is 0 Å². The van der Waals surface area contributed by atoms with Gasteiger partial charge in [0.2, 0.25) is 0 Å². The summed E-state index contributed by atoms with van der Waals surface area (Å²) in [4.78, 5) is 0. The summed E-state index contributed by atoms with van der Waals surface area (Å²) >= 11 is 0. The number of nitrogens with one attached hydrogen (secondary N) is 1. The molecule has 0 spiro atoms. The van der Waals surface area contributed by atoms with Crippen molar-refractivity contribution in [1.82, 2.24) is 5.32 Å². The summed E-state index contributed by atoms with van der Waals surface area (Å²) < 4.78 is 0. The molecule has 9 heavy (non-hydrogen) atoms. The summed E-state index contributed by atoms with van der Waals surface area (Å²) in [5, 5.41) is 11.4. The minimum Gasteiger partial charge on any atom is -0.392 e. The van der Waals surface area contributed by atoms with Crippen molar-refractivity contribution in [3.63, 3.8) is 0 Å². The van der Waals surface area contributed by atoms with Gasteiger partial charge in [0.05, 0.1) is 6.61 Å². The maximum absolute atomic E-state index is 8.62. The third-order valence-electron chi connectivity index (χ3n) is 1.15. The molecule has 0 aromatic heterocycles. The lowest BCUT2D eigenvalue weighted by molar-refractivity contribution is 0.327. The molecule has 3 nitrogen and oxygen atoms in total. The molecule has 0 saturated heterocycles. The highest BCUT2D eigenvalue weighted by Crippen LogP contribution is 2.06. The molecule has 1 radical (unpaired) electrons. The molecule has 0 bridgehead atoms. The number of dihydropyridines is 1. The molecule has 49 valence electrons. The van der Waals surface area contributed by atoms with Crippen LogP contribution in [-0.2, 0) is 0 Å². The third-order valence-corrected chi connectivity index (χ3v) is 1.15. The van der Waals surface area contributed by atoms with E-state index in [0.29, 0.717) is 6.17 Å². The fourth-order valence-corrected chi connectivity index (χ4v) is 0.623. The minimum atomic E-state index is -0.0107. The van der Waals surface area contributed by atoms with Crippen LogP contribution in [0, 0.1) is 6.17 Å². The average Bonchev–Trinajstić information content (AvgIpc) is 1.89. The second-order valence-electron chi connectivity index (χ2n) is 1.77. The van der Waals surface area contributed by atoms with Crippen LogP contribution in [0.15, 0.2) is 23.9 Å². The molecule has 0 fully saturated rings. The molecule has 4 N–H and O–H groups in total. The van der Waals surface area contributed by atoms with E-state index in [-0.39, 0.29) is 6.61 Å². The van der Waals surface area contributed by atoms with Crippen LogP contribution >= 0.6 is 0 Å². The van der Waals surface area contributed by atoms with E-state index in [2.05, 4.69) is 5.32 Å². The summed E-state index contributed by atoms with van der Waals surface area (Å²) in [5.74, 6) is 0. The maximum Gasteiger partial charge on any atom is 0.152 e. The number of hydrogen-bond acceptors (Lipinski definition) is 3. The molecule has 0 aliphatic carbocycles. The SMILES string of the molecule is N[C]1NC=CC=C1CO. The fraction of sp³-hybridized carbons (Fsp3) is 0.167. The lowest BCUT2D eigenvalue weighted by Crippen LogP contribution is -2.29. The van der Waals surface area contributed by atoms with Gasteiger partial charge in [-0.15, -0.1) is 0 Å². The van der Waals surface area contributed by atoms with Gasteiger partial charge in [0.25, 0.3) is 0 Å². The molecule has 1 heterocycles. The topological polar surface area (TPSA) is 58.3 Å². The lowest BCUT2D eigenvalue weighted by Gasteiger charge is -2.14. The van der Waals surface area contributed by atoms with E-state index in [9.17, 15) is 0 Å². The van der Waals surface area contributed by atoms with Crippen LogP contribution in [0.2, 0.25) is 0 Å². The number of hydrogen-bond donors (Lipinski definition) is 3. The number of allylic oxidation sites excluding steroid dienone is 2. The van der Waals surface area contributed by atoms with E-state index in [1.165, 1.54) is 0 Å². The molecule has 0 amide bonds. The zero-order valence-electron chi connectivity index (χ0n) is 4.96. The molecule has 3 heteroatoms. The smallest absolute Gasteiger partial charge is 0.152 e. The van der Waals surface area contributed by atoms with Crippen molar-refractivity contribution in [2.45, 2.75) is 0 Å². The van der Waals surface area contributed by atoms with Gasteiger partial charge in [-0.2, -0.15) is 0 Å². The summed E-state index contributed by atoms with van der Waals surface area (Å²) in [7, 11) is 0. The molecule has 0 saturated carbocycles. The lowest BCUT2D eigenvalue weighted by atomic mass is 10.2. The molecule has 0 aromatic rings. The fourth-order valence-electron chi connectivity index (χ4n) is 0.623. The highest BCUT2D eigenvalue weighted by Gasteiger charge is 2.08. The van der Waals surface area contributed by atoms with Crippen LogP contribution in [-0.4, -0.2) is 11.7 Å². The molecule has 1 aliphatic rings. The van der Waals surface area contributed by atoms with E-state index in [1.807, 2.05) is 0 Å². The monoisotopic (exact) mass is 125 g/mol. The van der Waals surface area contributed by atoms with Crippen molar-refractivity contribution >= 4 is 0 Å². The Morgan fingerprint density at radius 1 is 1.67 bits per heavy atom. The van der Waals surface area contributed by atoms with Gasteiger partial charge < -0.3 is 16.2 Å². The molecule has 1 rings (SSSR count). The summed E-state index contributed by atoms with van der Waals surface area (Å²) in [6.07, 6.45) is 5.81. The zero-order chi connectivity index (χ0) is 6.69. The molecular formula is C6H9N2O. The highest BCUT2D eigenvalue weighted by atomic mass is 16.3. The van der Waals surface area contributed by atoms with Gasteiger partial charge in [-0.25, -0.2) is 0 Å². The van der Waals surface area contributed by atoms with Crippen LogP contribution in [0.3, 0.4) is 0 Å². The molecule has 0 aromatic carbocycles. The maximum atomic E-state index is 8.62. The van der Waals surface area contributed by atoms with Gasteiger partial charge in [-0.3, -0.25) is 0 Å². The predicted molar refractivity (Wildman–Crippen MR) is 34.9 cm³/mol. The Morgan fingerprint density at radius 3 is 2.89 bits per heavy atom. The molecular weight excluding hydrogens is 116 g/mol. The van der Waals surface area contributed by atoms with E-state index in [0.717, 1.165) is 5.57 Å². The molecule has 0 unspecified atom stereocenters. The Kier molecular flexibility index (Phi) is 1.87. The van der Waals surface area contributed by atoms with Crippen LogP contribution in [0.5, 0.6) is 0 Å². The van der Waals surface area contributed by atoms with Gasteiger partial charge in [0, 0.05) is 0 Å². The number of rotatable bonds is 1. The molecule has 1 aliphatic heterocycles. The second-order valence-corrected chi connectivity index (χ2v) is 1.77. The standard InChI is InChI=1S/C6H9N2O/c7-6-5(4-9)2-1-3-8-6/h1-3,8-9H,4,7H2. The van der Waals surface area contributed by atoms with Crippen molar-refractivity contribution < 1.29 is 5.11 Å². The average molecular weight is 125 g/mol. The Labute approximate surface area is 53.9 Å². The number of aliphatic hydroxyl groups is 1. The first kappa shape index (κ1) is 6.32. The first-order chi connectivity index (χ1) is 4.34. The zero-order valence-corrected chi connectivity index (χ0v) is 4.96. The Bertz CT molecular complexity index is 151. The largest absolute Gasteiger partial charge is 0.392 e. The molecule has 0 atom stereocenters. The van der Waals surface area contributed by atoms with Gasteiger partial charge in [0.15, 0.2) is 6.17 Å². The normalized spacial score (nSPS) is 19.1. The highest BCUT2D eigenvalue weighted by molar-refractivity contribution is 5.29. The minimum absolute atomic E-state index is 0.0107. The Morgan fingerprint density at radius 2 is 2.44 bits per heavy atom. The van der Waals surface area contributed by atoms with Gasteiger partial charge >= 0.3 is 0 Å². The van der Waals surface area contributed by atoms with Crippen molar-refractivity contribution in [2.24, 2.45) is 5.73 Å². The predicted octanol–water partition coefficient (Wildman–Crippen LogP) is -0.530. The van der Waals surface area contributed by atoms with Gasteiger partial charge in [-0.1, -0.05) is 6.08 Å². The van der Waals surface area contributed by atoms with Crippen molar-refractivity contribution in [1.29, 1.82) is 0 Å². The van der Waals surface area contributed by atoms with Crippen LogP contribution in [0.1, 0.15) is 0 Å². The third kappa shape index (κ3) is 1.31. The van der Waals surface area contributed by atoms with Crippen LogP contribution in [0.25, 0.3) is 0 Å². The Hall–Kier alpha value is -0.800. The number of aliphatic hydroxyl groups excluding tert-OH is 1. The van der Waals surface area contributed by atoms with Gasteiger partial charge in [0.1, 0.15) is 0 Å². The van der Waals surface area contributed by atoms with E-state index in [4.69, 9.17) is 10.8 Å². The van der Waals surface area contributed by atoms with Crippen molar-refractivity contribution in [2.75, 3.05) is 6.61 Å². The summed E-state index contributed by atoms with van der Waals surface area (Å²) in [5.41, 5.74) is 6.15. The van der Waals surface area contributed by atoms with Crippen molar-refractivity contribution in [3.05, 3.63) is 30.1 Å². The van der Waals surface area contributed by atoms with E-state index < -0.39 is 0 Å². The summed E-state index contributed by atoms with van der Waals surface area (Å²) in [6.45, 7) is -0.0107. The van der Waals surface area contributed by atoms with Gasteiger partial charge in [-0.05, 0) is 17.8 Å². The van der Waals surface area contributed by atoms with E-state index in [1.54, 1.807) is 18.4 Å². The quantitative estimate of drug-likeness (QED) is 0.441. The first-order valence-electron chi connectivity index (χ1n) is 2.70. The summed E-state index contributed by atoms with van der Waals surface area (Å²) in [6, 6.07) is 0. The van der Waals surface area contributed by atoms with Crippen molar-refractivity contribution in [3.8, 4) is 0 Å². The Balaban J connectivity index is 2.63. The second kappa shape index (κ2) is 2.66. The first-order valence-corrected chi connectivity index (χ1v) is 2.70. The van der Waals surface area contributed by atoms with Crippen LogP contribution in [0.4, 0.5) is 0 Å². The van der Waals surface area contributed by atoms with Crippen LogP contribution < -0.4 is 11.1 Å². The number of nitrogens with two attached hydrogens (primary N) is 1.